The van der Waals surface area contributed by atoms with Crippen LogP contribution in [0.3, 0.4) is 0 Å². The molecule has 1 unspecified atom stereocenters. The van der Waals surface area contributed by atoms with Crippen LogP contribution < -0.4 is 5.32 Å². The number of amides is 1. The van der Waals surface area contributed by atoms with Gasteiger partial charge in [0.2, 0.25) is 0 Å². The van der Waals surface area contributed by atoms with Crippen molar-refractivity contribution in [3.05, 3.63) is 29.0 Å². The second-order valence-electron chi connectivity index (χ2n) is 5.29. The van der Waals surface area contributed by atoms with Gasteiger partial charge in [-0.2, -0.15) is 0 Å². The van der Waals surface area contributed by atoms with Gasteiger partial charge in [-0.15, -0.1) is 0 Å². The molecule has 1 aromatic heterocycles. The van der Waals surface area contributed by atoms with Crippen molar-refractivity contribution >= 4 is 17.5 Å². The lowest BCUT2D eigenvalue weighted by atomic mass is 10.1. The van der Waals surface area contributed by atoms with Crippen LogP contribution >= 0.6 is 11.6 Å². The summed E-state index contributed by atoms with van der Waals surface area (Å²) in [6.07, 6.45) is 2.71. The summed E-state index contributed by atoms with van der Waals surface area (Å²) in [4.78, 5) is 18.4. The van der Waals surface area contributed by atoms with Crippen molar-refractivity contribution in [2.24, 2.45) is 5.92 Å². The Labute approximate surface area is 119 Å². The molecular weight excluding hydrogens is 262 g/mol. The van der Waals surface area contributed by atoms with Gasteiger partial charge in [-0.1, -0.05) is 11.6 Å². The lowest BCUT2D eigenvalue weighted by molar-refractivity contribution is 0.0942. The first kappa shape index (κ1) is 14.3. The largest absolute Gasteiger partial charge is 0.350 e. The topological polar surface area (TPSA) is 45.2 Å². The van der Waals surface area contributed by atoms with Crippen molar-refractivity contribution in [1.29, 1.82) is 0 Å². The Morgan fingerprint density at radius 3 is 3.05 bits per heavy atom. The number of rotatable bonds is 4. The zero-order valence-electron chi connectivity index (χ0n) is 11.4. The number of carbonyl (C=O) groups is 1. The molecule has 2 heterocycles. The zero-order valence-corrected chi connectivity index (χ0v) is 12.2. The first-order valence-electron chi connectivity index (χ1n) is 6.70. The van der Waals surface area contributed by atoms with Crippen molar-refractivity contribution in [3.8, 4) is 0 Å². The molecule has 104 valence electrons. The summed E-state index contributed by atoms with van der Waals surface area (Å²) in [5, 5.41) is 3.33. The van der Waals surface area contributed by atoms with Gasteiger partial charge in [0.25, 0.3) is 5.91 Å². The molecule has 0 bridgehead atoms. The van der Waals surface area contributed by atoms with Gasteiger partial charge in [0, 0.05) is 25.3 Å². The van der Waals surface area contributed by atoms with E-state index >= 15 is 0 Å². The molecule has 1 saturated heterocycles. The summed E-state index contributed by atoms with van der Waals surface area (Å²) >= 11 is 5.95. The van der Waals surface area contributed by atoms with Crippen LogP contribution in [0.25, 0.3) is 0 Å². The fourth-order valence-corrected chi connectivity index (χ4v) is 2.58. The average molecular weight is 282 g/mol. The van der Waals surface area contributed by atoms with Gasteiger partial charge >= 0.3 is 0 Å². The molecular formula is C14H20ClN3O. The quantitative estimate of drug-likeness (QED) is 0.920. The molecule has 5 heteroatoms. The highest BCUT2D eigenvalue weighted by molar-refractivity contribution is 6.33. The molecule has 0 spiro atoms. The van der Waals surface area contributed by atoms with E-state index in [1.54, 1.807) is 18.3 Å². The van der Waals surface area contributed by atoms with Gasteiger partial charge in [-0.25, -0.2) is 4.98 Å². The van der Waals surface area contributed by atoms with Crippen LogP contribution in [0.1, 0.15) is 30.8 Å². The number of carbonyl (C=O) groups excluding carboxylic acids is 1. The Kier molecular flexibility index (Phi) is 4.77. The lowest BCUT2D eigenvalue weighted by Crippen LogP contribution is -2.33. The number of hydrogen-bond donors (Lipinski definition) is 1. The molecule has 0 aromatic carbocycles. The third-order valence-electron chi connectivity index (χ3n) is 3.57. The number of hydrogen-bond acceptors (Lipinski definition) is 3. The predicted molar refractivity (Wildman–Crippen MR) is 76.4 cm³/mol. The van der Waals surface area contributed by atoms with Crippen molar-refractivity contribution in [1.82, 2.24) is 15.2 Å². The molecule has 1 aliphatic heterocycles. The maximum Gasteiger partial charge on any atom is 0.271 e. The van der Waals surface area contributed by atoms with Crippen LogP contribution in [-0.2, 0) is 0 Å². The lowest BCUT2D eigenvalue weighted by Gasteiger charge is -2.20. The minimum absolute atomic E-state index is 0.186. The standard InChI is InChI=1S/C14H20ClN3O/c1-10(2)18-7-5-11(9-18)8-17-14(19)13-12(15)4-3-6-16-13/h3-4,6,10-11H,5,7-9H2,1-2H3,(H,17,19). The molecule has 1 aromatic rings. The van der Waals surface area contributed by atoms with Crippen molar-refractivity contribution in [2.45, 2.75) is 26.3 Å². The van der Waals surface area contributed by atoms with Crippen LogP contribution in [0.4, 0.5) is 0 Å². The number of nitrogens with one attached hydrogen (secondary N) is 1. The van der Waals surface area contributed by atoms with E-state index in [9.17, 15) is 4.79 Å². The van der Waals surface area contributed by atoms with Crippen LogP contribution in [0.2, 0.25) is 5.02 Å². The Morgan fingerprint density at radius 1 is 1.63 bits per heavy atom. The zero-order chi connectivity index (χ0) is 13.8. The van der Waals surface area contributed by atoms with Crippen LogP contribution in [0, 0.1) is 5.92 Å². The van der Waals surface area contributed by atoms with Crippen molar-refractivity contribution < 1.29 is 4.79 Å². The fourth-order valence-electron chi connectivity index (χ4n) is 2.37. The monoisotopic (exact) mass is 281 g/mol. The molecule has 19 heavy (non-hydrogen) atoms. The third kappa shape index (κ3) is 3.67. The van der Waals surface area contributed by atoms with Gasteiger partial charge in [0.1, 0.15) is 5.69 Å². The highest BCUT2D eigenvalue weighted by Gasteiger charge is 2.24. The van der Waals surface area contributed by atoms with Gasteiger partial charge < -0.3 is 10.2 Å². The number of pyridine rings is 1. The predicted octanol–water partition coefficient (Wildman–Crippen LogP) is 2.20. The van der Waals surface area contributed by atoms with E-state index in [2.05, 4.69) is 29.0 Å². The van der Waals surface area contributed by atoms with Crippen LogP contribution in [-0.4, -0.2) is 41.5 Å². The van der Waals surface area contributed by atoms with E-state index in [1.165, 1.54) is 0 Å². The summed E-state index contributed by atoms with van der Waals surface area (Å²) in [5.41, 5.74) is 0.308. The Balaban J connectivity index is 1.84. The SMILES string of the molecule is CC(C)N1CCC(CNC(=O)c2ncccc2Cl)C1. The summed E-state index contributed by atoms with van der Waals surface area (Å²) in [5.74, 6) is 0.336. The normalized spacial score (nSPS) is 19.9. The van der Waals surface area contributed by atoms with Crippen molar-refractivity contribution in [3.63, 3.8) is 0 Å². The summed E-state index contributed by atoms with van der Waals surface area (Å²) in [6, 6.07) is 3.97. The maximum atomic E-state index is 12.0. The minimum atomic E-state index is -0.186. The van der Waals surface area contributed by atoms with E-state index in [-0.39, 0.29) is 5.91 Å². The second-order valence-corrected chi connectivity index (χ2v) is 5.69. The van der Waals surface area contributed by atoms with Gasteiger partial charge in [-0.3, -0.25) is 4.79 Å². The molecule has 0 saturated carbocycles. The Morgan fingerprint density at radius 2 is 2.42 bits per heavy atom. The molecule has 1 N–H and O–H groups in total. The number of halogens is 1. The molecule has 1 atom stereocenters. The van der Waals surface area contributed by atoms with E-state index in [4.69, 9.17) is 11.6 Å². The summed E-state index contributed by atoms with van der Waals surface area (Å²) < 4.78 is 0. The average Bonchev–Trinajstić information content (AvgIpc) is 2.85. The molecule has 1 fully saturated rings. The first-order chi connectivity index (χ1) is 9.08. The van der Waals surface area contributed by atoms with E-state index in [1.807, 2.05) is 0 Å². The van der Waals surface area contributed by atoms with Crippen molar-refractivity contribution in [2.75, 3.05) is 19.6 Å². The van der Waals surface area contributed by atoms with E-state index in [0.29, 0.717) is 29.2 Å². The Hall–Kier alpha value is -1.13. The van der Waals surface area contributed by atoms with E-state index in [0.717, 1.165) is 19.5 Å². The maximum absolute atomic E-state index is 12.0. The molecule has 0 radical (unpaired) electrons. The van der Waals surface area contributed by atoms with Crippen LogP contribution in [0.15, 0.2) is 18.3 Å². The Bertz CT molecular complexity index is 450. The number of nitrogens with zero attached hydrogens (tertiary/aromatic N) is 2. The highest BCUT2D eigenvalue weighted by Crippen LogP contribution is 2.18. The first-order valence-corrected chi connectivity index (χ1v) is 7.08. The fraction of sp³-hybridized carbons (Fsp3) is 0.571. The smallest absolute Gasteiger partial charge is 0.271 e. The van der Waals surface area contributed by atoms with E-state index < -0.39 is 0 Å². The second kappa shape index (κ2) is 6.35. The van der Waals surface area contributed by atoms with Gasteiger partial charge in [-0.05, 0) is 44.9 Å². The molecule has 4 nitrogen and oxygen atoms in total. The molecule has 1 aliphatic rings. The van der Waals surface area contributed by atoms with Gasteiger partial charge in [0.05, 0.1) is 5.02 Å². The molecule has 0 aliphatic carbocycles. The molecule has 1 amide bonds. The van der Waals surface area contributed by atoms with Gasteiger partial charge in [0.15, 0.2) is 0 Å². The number of aromatic nitrogens is 1. The summed E-state index contributed by atoms with van der Waals surface area (Å²) in [6.45, 7) is 7.26. The minimum Gasteiger partial charge on any atom is -0.350 e. The highest BCUT2D eigenvalue weighted by atomic mass is 35.5. The number of likely N-dealkylation sites (tertiary alicyclic amines) is 1. The van der Waals surface area contributed by atoms with Crippen LogP contribution in [0.5, 0.6) is 0 Å². The molecule has 2 rings (SSSR count). The third-order valence-corrected chi connectivity index (χ3v) is 3.88. The summed E-state index contributed by atoms with van der Waals surface area (Å²) in [7, 11) is 0.